The SMILES string of the molecule is NCCC(=O)c1cc(F)ccc1OC1CC1. The lowest BCUT2D eigenvalue weighted by molar-refractivity contribution is 0.0980. The monoisotopic (exact) mass is 223 g/mol. The van der Waals surface area contributed by atoms with Gasteiger partial charge in [0.1, 0.15) is 11.6 Å². The van der Waals surface area contributed by atoms with E-state index in [0.717, 1.165) is 12.8 Å². The third-order valence-corrected chi connectivity index (χ3v) is 2.43. The van der Waals surface area contributed by atoms with Crippen molar-refractivity contribution in [2.75, 3.05) is 6.54 Å². The molecule has 0 aliphatic heterocycles. The molecule has 2 N–H and O–H groups in total. The lowest BCUT2D eigenvalue weighted by atomic mass is 10.1. The zero-order valence-electron chi connectivity index (χ0n) is 8.91. The van der Waals surface area contributed by atoms with E-state index in [1.54, 1.807) is 0 Å². The average molecular weight is 223 g/mol. The van der Waals surface area contributed by atoms with Gasteiger partial charge in [0.2, 0.25) is 0 Å². The summed E-state index contributed by atoms with van der Waals surface area (Å²) in [7, 11) is 0. The first kappa shape index (κ1) is 11.1. The number of hydrogen-bond acceptors (Lipinski definition) is 3. The molecule has 1 saturated carbocycles. The Bertz CT molecular complexity index is 402. The number of benzene rings is 1. The van der Waals surface area contributed by atoms with E-state index in [9.17, 15) is 9.18 Å². The first-order valence-corrected chi connectivity index (χ1v) is 5.40. The smallest absolute Gasteiger partial charge is 0.167 e. The highest BCUT2D eigenvalue weighted by Gasteiger charge is 2.25. The van der Waals surface area contributed by atoms with E-state index in [-0.39, 0.29) is 24.9 Å². The molecule has 1 aromatic carbocycles. The molecule has 1 fully saturated rings. The van der Waals surface area contributed by atoms with E-state index in [2.05, 4.69) is 0 Å². The average Bonchev–Trinajstić information content (AvgIpc) is 3.05. The molecule has 4 heteroatoms. The molecule has 0 amide bonds. The van der Waals surface area contributed by atoms with Gasteiger partial charge in [-0.3, -0.25) is 4.79 Å². The van der Waals surface area contributed by atoms with Crippen molar-refractivity contribution in [2.24, 2.45) is 5.73 Å². The first-order valence-electron chi connectivity index (χ1n) is 5.40. The minimum Gasteiger partial charge on any atom is -0.490 e. The minimum absolute atomic E-state index is 0.169. The van der Waals surface area contributed by atoms with Crippen LogP contribution < -0.4 is 10.5 Å². The summed E-state index contributed by atoms with van der Waals surface area (Å²) in [6.45, 7) is 0.262. The summed E-state index contributed by atoms with van der Waals surface area (Å²) < 4.78 is 18.6. The Kier molecular flexibility index (Phi) is 3.19. The van der Waals surface area contributed by atoms with Crippen LogP contribution in [0, 0.1) is 5.82 Å². The van der Waals surface area contributed by atoms with E-state index in [4.69, 9.17) is 10.5 Å². The van der Waals surface area contributed by atoms with Gasteiger partial charge in [0, 0.05) is 6.42 Å². The number of ether oxygens (including phenoxy) is 1. The second-order valence-electron chi connectivity index (χ2n) is 3.92. The number of rotatable bonds is 5. The van der Waals surface area contributed by atoms with E-state index < -0.39 is 5.82 Å². The minimum atomic E-state index is -0.427. The van der Waals surface area contributed by atoms with Gasteiger partial charge in [-0.1, -0.05) is 0 Å². The molecule has 3 nitrogen and oxygen atoms in total. The van der Waals surface area contributed by atoms with Crippen molar-refractivity contribution in [3.05, 3.63) is 29.6 Å². The summed E-state index contributed by atoms with van der Waals surface area (Å²) in [5.74, 6) is -0.122. The van der Waals surface area contributed by atoms with Crippen LogP contribution in [0.5, 0.6) is 5.75 Å². The Morgan fingerprint density at radius 2 is 2.25 bits per heavy atom. The molecule has 0 spiro atoms. The van der Waals surface area contributed by atoms with Crippen molar-refractivity contribution in [3.63, 3.8) is 0 Å². The highest BCUT2D eigenvalue weighted by atomic mass is 19.1. The van der Waals surface area contributed by atoms with Crippen molar-refractivity contribution in [1.82, 2.24) is 0 Å². The normalized spacial score (nSPS) is 14.9. The van der Waals surface area contributed by atoms with Crippen molar-refractivity contribution in [2.45, 2.75) is 25.4 Å². The Morgan fingerprint density at radius 3 is 2.88 bits per heavy atom. The van der Waals surface area contributed by atoms with Crippen LogP contribution in [-0.4, -0.2) is 18.4 Å². The predicted molar refractivity (Wildman–Crippen MR) is 58.1 cm³/mol. The van der Waals surface area contributed by atoms with Crippen LogP contribution in [0.15, 0.2) is 18.2 Å². The number of carbonyl (C=O) groups is 1. The molecule has 2 rings (SSSR count). The van der Waals surface area contributed by atoms with E-state index >= 15 is 0 Å². The Hall–Kier alpha value is -1.42. The van der Waals surface area contributed by atoms with Gasteiger partial charge < -0.3 is 10.5 Å². The largest absolute Gasteiger partial charge is 0.490 e. The van der Waals surface area contributed by atoms with Gasteiger partial charge in [0.25, 0.3) is 0 Å². The van der Waals surface area contributed by atoms with Crippen LogP contribution >= 0.6 is 0 Å². The molecule has 0 radical (unpaired) electrons. The van der Waals surface area contributed by atoms with Gasteiger partial charge >= 0.3 is 0 Å². The van der Waals surface area contributed by atoms with Gasteiger partial charge in [0.05, 0.1) is 11.7 Å². The standard InChI is InChI=1S/C12H14FNO2/c13-8-1-4-12(16-9-2-3-9)10(7-8)11(15)5-6-14/h1,4,7,9H,2-3,5-6,14H2. The fourth-order valence-electron chi connectivity index (χ4n) is 1.45. The van der Waals surface area contributed by atoms with Crippen LogP contribution in [0.1, 0.15) is 29.6 Å². The third-order valence-electron chi connectivity index (χ3n) is 2.43. The summed E-state index contributed by atoms with van der Waals surface area (Å²) in [4.78, 5) is 11.7. The van der Waals surface area contributed by atoms with E-state index in [1.165, 1.54) is 18.2 Å². The summed E-state index contributed by atoms with van der Waals surface area (Å²) in [6, 6.07) is 4.03. The molecule has 1 aliphatic rings. The molecule has 86 valence electrons. The van der Waals surface area contributed by atoms with Gasteiger partial charge in [-0.15, -0.1) is 0 Å². The molecular weight excluding hydrogens is 209 g/mol. The topological polar surface area (TPSA) is 52.3 Å². The van der Waals surface area contributed by atoms with E-state index in [0.29, 0.717) is 11.3 Å². The number of nitrogens with two attached hydrogens (primary N) is 1. The molecule has 0 unspecified atom stereocenters. The summed E-state index contributed by atoms with van der Waals surface area (Å²) in [5.41, 5.74) is 5.62. The maximum atomic E-state index is 13.1. The molecule has 0 saturated heterocycles. The van der Waals surface area contributed by atoms with Gasteiger partial charge in [-0.25, -0.2) is 4.39 Å². The second-order valence-corrected chi connectivity index (χ2v) is 3.92. The summed E-state index contributed by atoms with van der Waals surface area (Å²) >= 11 is 0. The predicted octanol–water partition coefficient (Wildman–Crippen LogP) is 1.90. The molecule has 1 aromatic rings. The zero-order chi connectivity index (χ0) is 11.5. The van der Waals surface area contributed by atoms with Gasteiger partial charge in [-0.2, -0.15) is 0 Å². The first-order chi connectivity index (χ1) is 7.70. The van der Waals surface area contributed by atoms with Crippen LogP contribution in [0.25, 0.3) is 0 Å². The van der Waals surface area contributed by atoms with Crippen LogP contribution in [0.2, 0.25) is 0 Å². The molecule has 0 heterocycles. The number of ketones is 1. The molecule has 0 bridgehead atoms. The lowest BCUT2D eigenvalue weighted by Crippen LogP contribution is -2.10. The highest BCUT2D eigenvalue weighted by molar-refractivity contribution is 5.98. The lowest BCUT2D eigenvalue weighted by Gasteiger charge is -2.09. The fourth-order valence-corrected chi connectivity index (χ4v) is 1.45. The Labute approximate surface area is 93.4 Å². The molecule has 1 aliphatic carbocycles. The van der Waals surface area contributed by atoms with Gasteiger partial charge in [-0.05, 0) is 37.6 Å². The Balaban J connectivity index is 2.23. The molecule has 0 aromatic heterocycles. The highest BCUT2D eigenvalue weighted by Crippen LogP contribution is 2.30. The maximum absolute atomic E-state index is 13.1. The van der Waals surface area contributed by atoms with E-state index in [1.807, 2.05) is 0 Å². The van der Waals surface area contributed by atoms with Crippen molar-refractivity contribution < 1.29 is 13.9 Å². The summed E-state index contributed by atoms with van der Waals surface area (Å²) in [5, 5.41) is 0. The van der Waals surface area contributed by atoms with Crippen LogP contribution in [0.4, 0.5) is 4.39 Å². The Morgan fingerprint density at radius 1 is 1.50 bits per heavy atom. The number of halogens is 1. The van der Waals surface area contributed by atoms with Crippen LogP contribution in [0.3, 0.4) is 0 Å². The molecule has 16 heavy (non-hydrogen) atoms. The van der Waals surface area contributed by atoms with Crippen molar-refractivity contribution in [1.29, 1.82) is 0 Å². The third kappa shape index (κ3) is 2.58. The van der Waals surface area contributed by atoms with Gasteiger partial charge in [0.15, 0.2) is 5.78 Å². The van der Waals surface area contributed by atoms with Crippen molar-refractivity contribution in [3.8, 4) is 5.75 Å². The van der Waals surface area contributed by atoms with Crippen molar-refractivity contribution >= 4 is 5.78 Å². The molecular formula is C12H14FNO2. The number of hydrogen-bond donors (Lipinski definition) is 1. The fraction of sp³-hybridized carbons (Fsp3) is 0.417. The second kappa shape index (κ2) is 4.61. The maximum Gasteiger partial charge on any atom is 0.167 e. The quantitative estimate of drug-likeness (QED) is 0.775. The van der Waals surface area contributed by atoms with Crippen LogP contribution in [-0.2, 0) is 0 Å². The zero-order valence-corrected chi connectivity index (χ0v) is 8.91. The number of Topliss-reactive ketones (excluding diaryl/α,β-unsaturated/α-hetero) is 1. The molecule has 0 atom stereocenters. The summed E-state index contributed by atoms with van der Waals surface area (Å²) in [6.07, 6.45) is 2.41. The number of carbonyl (C=O) groups excluding carboxylic acids is 1.